The molecule has 31 heavy (non-hydrogen) atoms. The largest absolute Gasteiger partial charge is 0.497 e. The fourth-order valence-electron chi connectivity index (χ4n) is 3.15. The highest BCUT2D eigenvalue weighted by molar-refractivity contribution is 5.93. The van der Waals surface area contributed by atoms with Crippen molar-refractivity contribution in [2.24, 2.45) is 0 Å². The number of carbonyl (C=O) groups is 1. The number of rotatable bonds is 8. The Bertz CT molecular complexity index is 1170. The summed E-state index contributed by atoms with van der Waals surface area (Å²) in [6.45, 7) is 0.907. The van der Waals surface area contributed by atoms with Gasteiger partial charge in [-0.1, -0.05) is 29.4 Å². The van der Waals surface area contributed by atoms with Gasteiger partial charge in [0.25, 0.3) is 5.91 Å². The van der Waals surface area contributed by atoms with Gasteiger partial charge in [0.15, 0.2) is 11.5 Å². The lowest BCUT2D eigenvalue weighted by Gasteiger charge is -2.10. The van der Waals surface area contributed by atoms with Crippen LogP contribution in [0.4, 0.5) is 0 Å². The van der Waals surface area contributed by atoms with E-state index in [0.29, 0.717) is 35.9 Å². The Hall–Kier alpha value is -4.14. The van der Waals surface area contributed by atoms with Crippen LogP contribution in [0.25, 0.3) is 11.3 Å². The number of carbonyl (C=O) groups excluding carboxylic acids is 1. The second-order valence-electron chi connectivity index (χ2n) is 6.69. The number of ether oxygens (including phenoxy) is 2. The maximum atomic E-state index is 12.7. The molecule has 0 atom stereocenters. The second kappa shape index (κ2) is 9.12. The molecule has 0 fully saturated rings. The van der Waals surface area contributed by atoms with Crippen molar-refractivity contribution in [1.29, 1.82) is 0 Å². The zero-order valence-corrected chi connectivity index (χ0v) is 17.1. The maximum absolute atomic E-state index is 12.7. The Morgan fingerprint density at radius 2 is 1.94 bits per heavy atom. The van der Waals surface area contributed by atoms with Crippen LogP contribution in [0.15, 0.2) is 65.7 Å². The van der Waals surface area contributed by atoms with Crippen LogP contribution in [0.3, 0.4) is 0 Å². The van der Waals surface area contributed by atoms with Crippen LogP contribution in [-0.4, -0.2) is 40.0 Å². The number of nitrogens with zero attached hydrogens (tertiary/aromatic N) is 4. The molecule has 9 heteroatoms. The number of methoxy groups -OCH3 is 2. The van der Waals surface area contributed by atoms with Crippen LogP contribution in [0.1, 0.15) is 21.6 Å². The molecule has 0 aliphatic heterocycles. The number of hydrogen-bond donors (Lipinski definition) is 1. The Morgan fingerprint density at radius 1 is 1.10 bits per heavy atom. The van der Waals surface area contributed by atoms with Crippen LogP contribution in [0, 0.1) is 0 Å². The van der Waals surface area contributed by atoms with Crippen molar-refractivity contribution in [3.8, 4) is 22.8 Å². The lowest BCUT2D eigenvalue weighted by molar-refractivity contribution is 0.0942. The number of aromatic nitrogens is 4. The average Bonchev–Trinajstić information content (AvgIpc) is 3.50. The third-order valence-corrected chi connectivity index (χ3v) is 4.77. The van der Waals surface area contributed by atoms with E-state index in [9.17, 15) is 4.79 Å². The van der Waals surface area contributed by atoms with E-state index in [4.69, 9.17) is 14.0 Å². The second-order valence-corrected chi connectivity index (χ2v) is 6.69. The topological polar surface area (TPSA) is 104 Å². The monoisotopic (exact) mass is 419 g/mol. The highest BCUT2D eigenvalue weighted by Crippen LogP contribution is 2.33. The minimum atomic E-state index is -0.340. The predicted octanol–water partition coefficient (Wildman–Crippen LogP) is 2.93. The molecule has 0 aliphatic carbocycles. The Morgan fingerprint density at radius 3 is 2.68 bits per heavy atom. The Balaban J connectivity index is 1.47. The first-order chi connectivity index (χ1) is 15.2. The highest BCUT2D eigenvalue weighted by atomic mass is 16.5. The molecular weight excluding hydrogens is 398 g/mol. The first-order valence-electron chi connectivity index (χ1n) is 9.54. The molecule has 0 bridgehead atoms. The van der Waals surface area contributed by atoms with E-state index < -0.39 is 0 Å². The standard InChI is InChI=1S/C22H21N5O4/c1-29-17-7-8-20(30-2)18(9-17)21-10-19(26-31-21)22(28)24-11-15-5-3-4-6-16(15)12-27-14-23-13-25-27/h3-10,13-14H,11-12H2,1-2H3,(H,24,28). The fraction of sp³-hybridized carbons (Fsp3) is 0.182. The van der Waals surface area contributed by atoms with Gasteiger partial charge in [-0.3, -0.25) is 4.79 Å². The zero-order valence-electron chi connectivity index (χ0n) is 17.1. The Labute approximate surface area is 178 Å². The minimum absolute atomic E-state index is 0.175. The number of amides is 1. The number of nitrogens with one attached hydrogen (secondary N) is 1. The molecule has 158 valence electrons. The molecule has 0 radical (unpaired) electrons. The molecule has 2 aromatic heterocycles. The van der Waals surface area contributed by atoms with Gasteiger partial charge in [0.1, 0.15) is 24.2 Å². The van der Waals surface area contributed by atoms with Gasteiger partial charge in [-0.15, -0.1) is 0 Å². The lowest BCUT2D eigenvalue weighted by Crippen LogP contribution is -2.24. The summed E-state index contributed by atoms with van der Waals surface area (Å²) in [7, 11) is 3.14. The molecule has 2 heterocycles. The van der Waals surface area contributed by atoms with E-state index in [1.807, 2.05) is 24.3 Å². The third kappa shape index (κ3) is 4.55. The van der Waals surface area contributed by atoms with Crippen molar-refractivity contribution >= 4 is 5.91 Å². The van der Waals surface area contributed by atoms with Crippen molar-refractivity contribution in [1.82, 2.24) is 25.2 Å². The van der Waals surface area contributed by atoms with Crippen LogP contribution >= 0.6 is 0 Å². The van der Waals surface area contributed by atoms with E-state index in [2.05, 4.69) is 20.6 Å². The van der Waals surface area contributed by atoms with Gasteiger partial charge in [0.2, 0.25) is 0 Å². The van der Waals surface area contributed by atoms with E-state index in [1.165, 1.54) is 6.33 Å². The van der Waals surface area contributed by atoms with Crippen molar-refractivity contribution in [2.45, 2.75) is 13.1 Å². The molecule has 9 nitrogen and oxygen atoms in total. The van der Waals surface area contributed by atoms with Crippen molar-refractivity contribution in [2.75, 3.05) is 14.2 Å². The molecule has 0 aliphatic rings. The summed E-state index contributed by atoms with van der Waals surface area (Å²) >= 11 is 0. The quantitative estimate of drug-likeness (QED) is 0.468. The van der Waals surface area contributed by atoms with E-state index in [1.54, 1.807) is 49.5 Å². The molecule has 0 saturated heterocycles. The molecule has 0 unspecified atom stereocenters. The molecule has 0 saturated carbocycles. The van der Waals surface area contributed by atoms with Gasteiger partial charge in [-0.2, -0.15) is 5.10 Å². The van der Waals surface area contributed by atoms with Gasteiger partial charge >= 0.3 is 0 Å². The third-order valence-electron chi connectivity index (χ3n) is 4.77. The van der Waals surface area contributed by atoms with E-state index in [0.717, 1.165) is 11.1 Å². The van der Waals surface area contributed by atoms with Crippen molar-refractivity contribution < 1.29 is 18.8 Å². The summed E-state index contributed by atoms with van der Waals surface area (Å²) in [6, 6.07) is 14.7. The van der Waals surface area contributed by atoms with Crippen molar-refractivity contribution in [3.05, 3.63) is 78.0 Å². The van der Waals surface area contributed by atoms with E-state index >= 15 is 0 Å². The van der Waals surface area contributed by atoms with Gasteiger partial charge in [-0.25, -0.2) is 9.67 Å². The minimum Gasteiger partial charge on any atom is -0.497 e. The first kappa shape index (κ1) is 20.1. The SMILES string of the molecule is COc1ccc(OC)c(-c2cc(C(=O)NCc3ccccc3Cn3cncn3)no2)c1. The number of hydrogen-bond acceptors (Lipinski definition) is 7. The first-order valence-corrected chi connectivity index (χ1v) is 9.54. The van der Waals surface area contributed by atoms with Gasteiger partial charge in [-0.05, 0) is 29.3 Å². The van der Waals surface area contributed by atoms with Gasteiger partial charge in [0.05, 0.1) is 26.3 Å². The lowest BCUT2D eigenvalue weighted by atomic mass is 10.1. The highest BCUT2D eigenvalue weighted by Gasteiger charge is 2.17. The summed E-state index contributed by atoms with van der Waals surface area (Å²) in [5.41, 5.74) is 2.83. The fourth-order valence-corrected chi connectivity index (χ4v) is 3.15. The van der Waals surface area contributed by atoms with Gasteiger partial charge < -0.3 is 19.3 Å². The molecule has 1 amide bonds. The molecule has 4 aromatic rings. The summed E-state index contributed by atoms with van der Waals surface area (Å²) in [6.07, 6.45) is 3.14. The Kier molecular flexibility index (Phi) is 5.93. The summed E-state index contributed by atoms with van der Waals surface area (Å²) < 4.78 is 17.8. The number of benzene rings is 2. The van der Waals surface area contributed by atoms with Crippen LogP contribution < -0.4 is 14.8 Å². The molecule has 4 rings (SSSR count). The van der Waals surface area contributed by atoms with Crippen LogP contribution in [0.2, 0.25) is 0 Å². The smallest absolute Gasteiger partial charge is 0.273 e. The predicted molar refractivity (Wildman–Crippen MR) is 112 cm³/mol. The summed E-state index contributed by atoms with van der Waals surface area (Å²) in [5.74, 6) is 1.30. The normalized spacial score (nSPS) is 10.6. The molecular formula is C22H21N5O4. The average molecular weight is 419 g/mol. The van der Waals surface area contributed by atoms with Crippen LogP contribution in [0.5, 0.6) is 11.5 Å². The molecule has 2 aromatic carbocycles. The maximum Gasteiger partial charge on any atom is 0.273 e. The molecule has 1 N–H and O–H groups in total. The summed E-state index contributed by atoms with van der Waals surface area (Å²) in [4.78, 5) is 16.6. The van der Waals surface area contributed by atoms with E-state index in [-0.39, 0.29) is 11.6 Å². The zero-order chi connectivity index (χ0) is 21.6. The summed E-state index contributed by atoms with van der Waals surface area (Å²) in [5, 5.41) is 10.9. The van der Waals surface area contributed by atoms with Gasteiger partial charge in [0, 0.05) is 12.6 Å². The van der Waals surface area contributed by atoms with Crippen molar-refractivity contribution in [3.63, 3.8) is 0 Å². The molecule has 0 spiro atoms. The van der Waals surface area contributed by atoms with Crippen LogP contribution in [-0.2, 0) is 13.1 Å².